The average Bonchev–Trinajstić information content (AvgIpc) is 2.58. The number of hydrogen-bond acceptors (Lipinski definition) is 5. The number of piperidine rings is 1. The van der Waals surface area contributed by atoms with Gasteiger partial charge in [0.2, 0.25) is 15.9 Å². The van der Waals surface area contributed by atoms with Gasteiger partial charge in [0.25, 0.3) is 0 Å². The molecule has 0 radical (unpaired) electrons. The second kappa shape index (κ2) is 7.23. The summed E-state index contributed by atoms with van der Waals surface area (Å²) >= 11 is 0. The molecule has 8 heteroatoms. The van der Waals surface area contributed by atoms with Gasteiger partial charge in [0.15, 0.2) is 0 Å². The molecule has 24 heavy (non-hydrogen) atoms. The Kier molecular flexibility index (Phi) is 5.06. The van der Waals surface area contributed by atoms with E-state index in [9.17, 15) is 12.8 Å². The van der Waals surface area contributed by atoms with Crippen LogP contribution in [0.4, 0.5) is 4.39 Å². The smallest absolute Gasteiger partial charge is 0.232 e. The van der Waals surface area contributed by atoms with Crippen LogP contribution >= 0.6 is 0 Å². The lowest BCUT2D eigenvalue weighted by atomic mass is 10.1. The summed E-state index contributed by atoms with van der Waals surface area (Å²) in [6, 6.07) is 5.51. The molecule has 2 aromatic rings. The number of ether oxygens (including phenoxy) is 1. The molecule has 1 saturated heterocycles. The summed E-state index contributed by atoms with van der Waals surface area (Å²) < 4.78 is 45.3. The highest BCUT2D eigenvalue weighted by atomic mass is 32.2. The average molecular weight is 351 g/mol. The van der Waals surface area contributed by atoms with Crippen LogP contribution in [0, 0.1) is 5.82 Å². The zero-order valence-electron chi connectivity index (χ0n) is 13.0. The molecule has 1 aliphatic rings. The van der Waals surface area contributed by atoms with Gasteiger partial charge in [0, 0.05) is 18.9 Å². The van der Waals surface area contributed by atoms with Crippen molar-refractivity contribution in [1.29, 1.82) is 0 Å². The summed E-state index contributed by atoms with van der Waals surface area (Å²) in [6.45, 7) is 0.740. The second-order valence-electron chi connectivity index (χ2n) is 5.67. The Morgan fingerprint density at radius 2 is 2.04 bits per heavy atom. The fourth-order valence-corrected chi connectivity index (χ4v) is 4.25. The van der Waals surface area contributed by atoms with Gasteiger partial charge in [0.05, 0.1) is 18.5 Å². The molecule has 6 nitrogen and oxygen atoms in total. The molecular weight excluding hydrogens is 333 g/mol. The molecule has 0 N–H and O–H groups in total. The standard InChI is InChI=1S/C16H18FN3O3S/c17-14-5-3-13(4-6-14)12-24(21,22)20-9-1-2-15(11-20)23-16-10-18-7-8-19-16/h3-8,10,15H,1-2,9,11-12H2. The van der Waals surface area contributed by atoms with E-state index in [4.69, 9.17) is 4.74 Å². The Morgan fingerprint density at radius 1 is 1.25 bits per heavy atom. The Morgan fingerprint density at radius 3 is 2.75 bits per heavy atom. The van der Waals surface area contributed by atoms with E-state index in [-0.39, 0.29) is 24.2 Å². The lowest BCUT2D eigenvalue weighted by Gasteiger charge is -2.31. The van der Waals surface area contributed by atoms with Crippen molar-refractivity contribution in [1.82, 2.24) is 14.3 Å². The van der Waals surface area contributed by atoms with Crippen LogP contribution < -0.4 is 4.74 Å². The molecule has 3 rings (SSSR count). The van der Waals surface area contributed by atoms with E-state index in [2.05, 4.69) is 9.97 Å². The van der Waals surface area contributed by atoms with Crippen LogP contribution in [0.3, 0.4) is 0 Å². The van der Waals surface area contributed by atoms with Crippen LogP contribution in [0.15, 0.2) is 42.9 Å². The highest BCUT2D eigenvalue weighted by Crippen LogP contribution is 2.20. The van der Waals surface area contributed by atoms with Gasteiger partial charge < -0.3 is 4.74 Å². The van der Waals surface area contributed by atoms with E-state index >= 15 is 0 Å². The van der Waals surface area contributed by atoms with Gasteiger partial charge in [0.1, 0.15) is 11.9 Å². The lowest BCUT2D eigenvalue weighted by Crippen LogP contribution is -2.44. The second-order valence-corrected chi connectivity index (χ2v) is 7.64. The minimum atomic E-state index is -3.48. The topological polar surface area (TPSA) is 72.4 Å². The molecule has 0 bridgehead atoms. The first-order valence-electron chi connectivity index (χ1n) is 7.68. The number of aromatic nitrogens is 2. The summed E-state index contributed by atoms with van der Waals surface area (Å²) in [5.74, 6) is -0.141. The third-order valence-corrected chi connectivity index (χ3v) is 5.64. The summed E-state index contributed by atoms with van der Waals surface area (Å²) in [5, 5.41) is 0. The minimum absolute atomic E-state index is 0.148. The summed E-state index contributed by atoms with van der Waals surface area (Å²) in [7, 11) is -3.48. The van der Waals surface area contributed by atoms with Crippen molar-refractivity contribution in [2.24, 2.45) is 0 Å². The first-order chi connectivity index (χ1) is 11.5. The molecule has 1 aromatic carbocycles. The van der Waals surface area contributed by atoms with Gasteiger partial charge in [-0.05, 0) is 30.5 Å². The molecule has 1 atom stereocenters. The van der Waals surface area contributed by atoms with Crippen molar-refractivity contribution >= 4 is 10.0 Å². The van der Waals surface area contributed by atoms with Gasteiger partial charge in [-0.15, -0.1) is 0 Å². The van der Waals surface area contributed by atoms with E-state index < -0.39 is 10.0 Å². The molecule has 1 aliphatic heterocycles. The molecule has 1 unspecified atom stereocenters. The lowest BCUT2D eigenvalue weighted by molar-refractivity contribution is 0.124. The van der Waals surface area contributed by atoms with E-state index in [0.29, 0.717) is 24.4 Å². The van der Waals surface area contributed by atoms with Crippen molar-refractivity contribution < 1.29 is 17.5 Å². The fraction of sp³-hybridized carbons (Fsp3) is 0.375. The number of sulfonamides is 1. The molecule has 0 amide bonds. The fourth-order valence-electron chi connectivity index (χ4n) is 2.65. The van der Waals surface area contributed by atoms with Crippen molar-refractivity contribution in [3.8, 4) is 5.88 Å². The normalized spacial score (nSPS) is 19.1. The number of benzene rings is 1. The Hall–Kier alpha value is -2.06. The summed E-state index contributed by atoms with van der Waals surface area (Å²) in [4.78, 5) is 7.98. The number of rotatable bonds is 5. The van der Waals surface area contributed by atoms with E-state index in [1.54, 1.807) is 6.20 Å². The van der Waals surface area contributed by atoms with Crippen molar-refractivity contribution in [3.05, 3.63) is 54.2 Å². The zero-order chi connectivity index (χ0) is 17.0. The van der Waals surface area contributed by atoms with Gasteiger partial charge in [-0.3, -0.25) is 4.98 Å². The van der Waals surface area contributed by atoms with Crippen LogP contribution in [0.5, 0.6) is 5.88 Å². The first kappa shape index (κ1) is 16.8. The molecule has 1 fully saturated rings. The SMILES string of the molecule is O=S(=O)(Cc1ccc(F)cc1)N1CCCC(Oc2cnccn2)C1. The van der Waals surface area contributed by atoms with Gasteiger partial charge in [-0.2, -0.15) is 4.31 Å². The molecule has 0 saturated carbocycles. The Bertz CT molecular complexity index is 769. The number of hydrogen-bond donors (Lipinski definition) is 0. The third-order valence-electron chi connectivity index (χ3n) is 3.82. The van der Waals surface area contributed by atoms with Crippen LogP contribution in [0.1, 0.15) is 18.4 Å². The highest BCUT2D eigenvalue weighted by molar-refractivity contribution is 7.88. The zero-order valence-corrected chi connectivity index (χ0v) is 13.8. The van der Waals surface area contributed by atoms with Crippen LogP contribution in [0.2, 0.25) is 0 Å². The highest BCUT2D eigenvalue weighted by Gasteiger charge is 2.30. The molecule has 1 aromatic heterocycles. The monoisotopic (exact) mass is 351 g/mol. The van der Waals surface area contributed by atoms with Crippen LogP contribution in [-0.2, 0) is 15.8 Å². The van der Waals surface area contributed by atoms with E-state index in [1.807, 2.05) is 0 Å². The molecule has 2 heterocycles. The number of nitrogens with zero attached hydrogens (tertiary/aromatic N) is 3. The van der Waals surface area contributed by atoms with E-state index in [0.717, 1.165) is 6.42 Å². The maximum absolute atomic E-state index is 12.9. The third kappa shape index (κ3) is 4.27. The van der Waals surface area contributed by atoms with Gasteiger partial charge in [-0.25, -0.2) is 17.8 Å². The van der Waals surface area contributed by atoms with E-state index in [1.165, 1.54) is 41.0 Å². The minimum Gasteiger partial charge on any atom is -0.472 e. The molecular formula is C16H18FN3O3S. The van der Waals surface area contributed by atoms with Crippen molar-refractivity contribution in [2.45, 2.75) is 24.7 Å². The molecule has 0 spiro atoms. The maximum atomic E-state index is 12.9. The predicted octanol–water partition coefficient (Wildman–Crippen LogP) is 1.99. The first-order valence-corrected chi connectivity index (χ1v) is 9.29. The largest absolute Gasteiger partial charge is 0.472 e. The van der Waals surface area contributed by atoms with Crippen molar-refractivity contribution in [3.63, 3.8) is 0 Å². The quantitative estimate of drug-likeness (QED) is 0.824. The number of halogens is 1. The molecule has 0 aliphatic carbocycles. The predicted molar refractivity (Wildman–Crippen MR) is 86.3 cm³/mol. The van der Waals surface area contributed by atoms with Crippen LogP contribution in [0.25, 0.3) is 0 Å². The van der Waals surface area contributed by atoms with Gasteiger partial charge in [-0.1, -0.05) is 12.1 Å². The maximum Gasteiger partial charge on any atom is 0.232 e. The summed E-state index contributed by atoms with van der Waals surface area (Å²) in [6.07, 6.45) is 5.81. The van der Waals surface area contributed by atoms with Crippen molar-refractivity contribution in [2.75, 3.05) is 13.1 Å². The van der Waals surface area contributed by atoms with Crippen LogP contribution in [-0.4, -0.2) is 41.9 Å². The molecule has 128 valence electrons. The Balaban J connectivity index is 1.65. The van der Waals surface area contributed by atoms with Gasteiger partial charge >= 0.3 is 0 Å². The Labute approximate surface area is 140 Å². The summed E-state index contributed by atoms with van der Waals surface area (Å²) in [5.41, 5.74) is 0.563.